The van der Waals surface area contributed by atoms with Gasteiger partial charge in [-0.05, 0) is 25.7 Å². The summed E-state index contributed by atoms with van der Waals surface area (Å²) in [7, 11) is -3.82. The summed E-state index contributed by atoms with van der Waals surface area (Å²) in [6, 6.07) is 0. The molecule has 0 saturated heterocycles. The van der Waals surface area contributed by atoms with Crippen molar-refractivity contribution in [1.82, 2.24) is 9.34 Å². The van der Waals surface area contributed by atoms with Gasteiger partial charge in [0.05, 0.1) is 0 Å². The van der Waals surface area contributed by atoms with E-state index in [0.29, 0.717) is 26.2 Å². The molecule has 0 aliphatic heterocycles. The fourth-order valence-corrected chi connectivity index (χ4v) is 4.33. The molecule has 2 unspecified atom stereocenters. The van der Waals surface area contributed by atoms with Crippen LogP contribution in [-0.2, 0) is 18.2 Å². The normalized spacial score (nSPS) is 15.8. The SMILES string of the molecule is CCCN(CCC)P([NH-])(=O)OC.CCCN(CCC)P([NH-])(=O)OC.[K+]. The first-order chi connectivity index (χ1) is 11.2. The van der Waals surface area contributed by atoms with Crippen molar-refractivity contribution in [2.75, 3.05) is 40.4 Å². The first-order valence-corrected chi connectivity index (χ1v) is 11.6. The largest absolute Gasteiger partial charge is 1.00 e. The van der Waals surface area contributed by atoms with Crippen LogP contribution >= 0.6 is 15.3 Å². The molecule has 0 rings (SSSR count). The Kier molecular flexibility index (Phi) is 22.6. The number of nitrogens with one attached hydrogen (secondary N) is 2. The van der Waals surface area contributed by atoms with Crippen molar-refractivity contribution in [3.8, 4) is 0 Å². The van der Waals surface area contributed by atoms with Gasteiger partial charge < -0.3 is 20.1 Å². The van der Waals surface area contributed by atoms with Crippen LogP contribution in [0.3, 0.4) is 0 Å². The van der Waals surface area contributed by atoms with Crippen molar-refractivity contribution >= 4 is 15.3 Å². The monoisotopic (exact) mass is 425 g/mol. The molecule has 148 valence electrons. The molecule has 0 fully saturated rings. The Morgan fingerprint density at radius 1 is 0.680 bits per heavy atom. The van der Waals surface area contributed by atoms with Gasteiger partial charge in [0.25, 0.3) is 0 Å². The molecular weight excluding hydrogens is 389 g/mol. The number of hydrogen-bond acceptors (Lipinski definition) is 4. The maximum Gasteiger partial charge on any atom is 1.00 e. The summed E-state index contributed by atoms with van der Waals surface area (Å²) < 4.78 is 35.4. The molecule has 0 aliphatic carbocycles. The molecule has 0 aromatic rings. The van der Waals surface area contributed by atoms with Crippen LogP contribution in [0, 0.1) is 0 Å². The smallest absolute Gasteiger partial charge is 0.581 e. The topological polar surface area (TPSA) is 107 Å². The van der Waals surface area contributed by atoms with Gasteiger partial charge in [0.15, 0.2) is 15.3 Å². The average Bonchev–Trinajstić information content (AvgIpc) is 2.55. The van der Waals surface area contributed by atoms with Crippen LogP contribution in [0.2, 0.25) is 0 Å². The van der Waals surface area contributed by atoms with E-state index in [4.69, 9.17) is 11.0 Å². The second kappa shape index (κ2) is 17.9. The van der Waals surface area contributed by atoms with Crippen LogP contribution in [0.5, 0.6) is 0 Å². The molecule has 0 amide bonds. The Bertz CT molecular complexity index is 357. The van der Waals surface area contributed by atoms with E-state index >= 15 is 0 Å². The van der Waals surface area contributed by atoms with Crippen LogP contribution in [0.15, 0.2) is 0 Å². The van der Waals surface area contributed by atoms with E-state index in [0.717, 1.165) is 25.7 Å². The second-order valence-corrected chi connectivity index (χ2v) is 9.26. The molecule has 0 aliphatic rings. The summed E-state index contributed by atoms with van der Waals surface area (Å²) in [5.41, 5.74) is 14.8. The molecule has 2 atom stereocenters. The summed E-state index contributed by atoms with van der Waals surface area (Å²) in [6.07, 6.45) is 3.58. The molecule has 0 spiro atoms. The van der Waals surface area contributed by atoms with E-state index < -0.39 is 15.3 Å². The predicted molar refractivity (Wildman–Crippen MR) is 102 cm³/mol. The zero-order valence-electron chi connectivity index (χ0n) is 17.1. The van der Waals surface area contributed by atoms with Crippen LogP contribution in [0.1, 0.15) is 53.4 Å². The molecule has 0 saturated carbocycles. The maximum absolute atomic E-state index is 11.4. The van der Waals surface area contributed by atoms with Crippen LogP contribution < -0.4 is 51.4 Å². The van der Waals surface area contributed by atoms with Crippen molar-refractivity contribution < 1.29 is 69.6 Å². The summed E-state index contributed by atoms with van der Waals surface area (Å²) in [4.78, 5) is 0. The molecule has 0 radical (unpaired) electrons. The first-order valence-electron chi connectivity index (χ1n) is 8.49. The van der Waals surface area contributed by atoms with Gasteiger partial charge in [-0.15, -0.1) is 0 Å². The Hall–Kier alpha value is 1.86. The minimum absolute atomic E-state index is 0. The van der Waals surface area contributed by atoms with Gasteiger partial charge in [0, 0.05) is 40.4 Å². The molecule has 25 heavy (non-hydrogen) atoms. The van der Waals surface area contributed by atoms with Crippen molar-refractivity contribution in [1.29, 1.82) is 0 Å². The van der Waals surface area contributed by atoms with Gasteiger partial charge in [-0.3, -0.25) is 9.13 Å². The third kappa shape index (κ3) is 14.5. The standard InChI is InChI=1S/2C7H18N2O2P.K/c2*1-4-6-9(7-5-2)12(8,10)11-3;/h2*4-7H2,1-3H3,(H-,8,10);/q2*-1;+1. The first kappa shape index (κ1) is 31.5. The zero-order valence-corrected chi connectivity index (χ0v) is 22.0. The molecule has 0 aromatic heterocycles. The second-order valence-electron chi connectivity index (χ2n) is 5.31. The molecule has 8 nitrogen and oxygen atoms in total. The van der Waals surface area contributed by atoms with E-state index in [1.807, 2.05) is 27.7 Å². The zero-order chi connectivity index (χ0) is 19.2. The van der Waals surface area contributed by atoms with Crippen LogP contribution in [0.4, 0.5) is 0 Å². The minimum Gasteiger partial charge on any atom is -0.581 e. The van der Waals surface area contributed by atoms with Crippen molar-refractivity contribution in [3.63, 3.8) is 0 Å². The molecule has 0 bridgehead atoms. The number of nitrogens with zero attached hydrogens (tertiary/aromatic N) is 2. The van der Waals surface area contributed by atoms with Crippen molar-refractivity contribution in [3.05, 3.63) is 11.0 Å². The van der Waals surface area contributed by atoms with Gasteiger partial charge in [0.2, 0.25) is 0 Å². The van der Waals surface area contributed by atoms with Gasteiger partial charge in [0.1, 0.15) is 0 Å². The van der Waals surface area contributed by atoms with Gasteiger partial charge >= 0.3 is 51.4 Å². The summed E-state index contributed by atoms with van der Waals surface area (Å²) >= 11 is 0. The Balaban J connectivity index is -0.000000372. The predicted octanol–water partition coefficient (Wildman–Crippen LogP) is 2.83. The third-order valence-corrected chi connectivity index (χ3v) is 6.45. The Morgan fingerprint density at radius 2 is 0.880 bits per heavy atom. The summed E-state index contributed by atoms with van der Waals surface area (Å²) in [5.74, 6) is 0. The fraction of sp³-hybridized carbons (Fsp3) is 1.00. The van der Waals surface area contributed by atoms with E-state index in [2.05, 4.69) is 9.05 Å². The van der Waals surface area contributed by atoms with Crippen molar-refractivity contribution in [2.24, 2.45) is 0 Å². The molecule has 2 N–H and O–H groups in total. The summed E-state index contributed by atoms with van der Waals surface area (Å²) in [5, 5.41) is 0. The number of rotatable bonds is 12. The fourth-order valence-electron chi connectivity index (χ4n) is 2.01. The quantitative estimate of drug-likeness (QED) is 0.352. The van der Waals surface area contributed by atoms with Gasteiger partial charge in [-0.2, -0.15) is 0 Å². The summed E-state index contributed by atoms with van der Waals surface area (Å²) in [6.45, 7) is 10.7. The van der Waals surface area contributed by atoms with E-state index in [9.17, 15) is 9.13 Å². The average molecular weight is 426 g/mol. The maximum atomic E-state index is 11.4. The van der Waals surface area contributed by atoms with Gasteiger partial charge in [-0.25, -0.2) is 9.34 Å². The molecule has 0 heterocycles. The number of hydrogen-bond donors (Lipinski definition) is 0. The van der Waals surface area contributed by atoms with Crippen LogP contribution in [0.25, 0.3) is 11.0 Å². The Labute approximate surface area is 197 Å². The molecule has 11 heteroatoms. The van der Waals surface area contributed by atoms with E-state index in [1.165, 1.54) is 14.2 Å². The van der Waals surface area contributed by atoms with E-state index in [1.54, 1.807) is 9.34 Å². The van der Waals surface area contributed by atoms with E-state index in [-0.39, 0.29) is 51.4 Å². The Morgan fingerprint density at radius 3 is 1.00 bits per heavy atom. The van der Waals surface area contributed by atoms with Gasteiger partial charge in [-0.1, -0.05) is 27.7 Å². The molecular formula is C14H36KN4O4P2-. The minimum atomic E-state index is -3.23. The van der Waals surface area contributed by atoms with Crippen molar-refractivity contribution in [2.45, 2.75) is 53.4 Å². The molecule has 0 aromatic carbocycles. The third-order valence-electron chi connectivity index (χ3n) is 3.17. The van der Waals surface area contributed by atoms with Crippen LogP contribution in [-0.4, -0.2) is 49.7 Å².